The lowest BCUT2D eigenvalue weighted by atomic mass is 10.1. The third kappa shape index (κ3) is 3.01. The lowest BCUT2D eigenvalue weighted by molar-refractivity contribution is 0.102. The zero-order valence-electron chi connectivity index (χ0n) is 12.5. The number of anilines is 1. The van der Waals surface area contributed by atoms with Gasteiger partial charge in [0, 0.05) is 16.6 Å². The lowest BCUT2D eigenvalue weighted by Crippen LogP contribution is -2.13. The van der Waals surface area contributed by atoms with Gasteiger partial charge in [0.25, 0.3) is 5.91 Å². The van der Waals surface area contributed by atoms with Crippen molar-refractivity contribution in [3.63, 3.8) is 0 Å². The highest BCUT2D eigenvalue weighted by atomic mass is 19.2. The maximum atomic E-state index is 13.2. The van der Waals surface area contributed by atoms with E-state index in [0.717, 1.165) is 28.8 Å². The molecule has 2 heterocycles. The molecule has 0 atom stereocenters. The molecule has 3 rings (SSSR count). The average molecular weight is 313 g/mol. The summed E-state index contributed by atoms with van der Waals surface area (Å²) in [5.41, 5.74) is 2.40. The molecule has 0 bridgehead atoms. The molecule has 3 aromatic rings. The molecule has 0 saturated carbocycles. The first-order chi connectivity index (χ1) is 10.9. The topological polar surface area (TPSA) is 54.9 Å². The minimum absolute atomic E-state index is 0.0131. The summed E-state index contributed by atoms with van der Waals surface area (Å²) in [5, 5.41) is 3.45. The van der Waals surface area contributed by atoms with Crippen LogP contribution in [-0.2, 0) is 0 Å². The van der Waals surface area contributed by atoms with Gasteiger partial charge in [0.1, 0.15) is 5.82 Å². The van der Waals surface area contributed by atoms with Gasteiger partial charge in [0.15, 0.2) is 17.3 Å². The Balaban J connectivity index is 1.91. The molecule has 116 valence electrons. The van der Waals surface area contributed by atoms with E-state index in [1.807, 2.05) is 26.0 Å². The molecule has 0 aliphatic rings. The van der Waals surface area contributed by atoms with Crippen LogP contribution in [0.4, 0.5) is 14.6 Å². The summed E-state index contributed by atoms with van der Waals surface area (Å²) in [7, 11) is 0. The zero-order chi connectivity index (χ0) is 16.6. The van der Waals surface area contributed by atoms with Crippen LogP contribution >= 0.6 is 0 Å². The number of benzene rings is 1. The molecule has 0 spiro atoms. The van der Waals surface area contributed by atoms with Crippen LogP contribution in [0.25, 0.3) is 11.0 Å². The molecule has 0 aliphatic heterocycles. The minimum Gasteiger partial charge on any atom is -0.306 e. The fraction of sp³-hybridized carbons (Fsp3) is 0.118. The van der Waals surface area contributed by atoms with E-state index in [4.69, 9.17) is 0 Å². The Bertz CT molecular complexity index is 925. The summed E-state index contributed by atoms with van der Waals surface area (Å²) in [6.07, 6.45) is 0. The summed E-state index contributed by atoms with van der Waals surface area (Å²) in [6, 6.07) is 8.37. The van der Waals surface area contributed by atoms with Gasteiger partial charge in [-0.25, -0.2) is 18.7 Å². The van der Waals surface area contributed by atoms with Gasteiger partial charge in [0.2, 0.25) is 0 Å². The van der Waals surface area contributed by atoms with E-state index >= 15 is 0 Å². The van der Waals surface area contributed by atoms with Crippen LogP contribution in [0.3, 0.4) is 0 Å². The Morgan fingerprint density at radius 2 is 1.78 bits per heavy atom. The Morgan fingerprint density at radius 3 is 2.52 bits per heavy atom. The number of nitrogens with one attached hydrogen (secondary N) is 1. The highest BCUT2D eigenvalue weighted by Gasteiger charge is 2.11. The second kappa shape index (κ2) is 5.72. The van der Waals surface area contributed by atoms with Crippen LogP contribution < -0.4 is 5.32 Å². The van der Waals surface area contributed by atoms with Crippen LogP contribution in [0, 0.1) is 25.5 Å². The first kappa shape index (κ1) is 15.0. The van der Waals surface area contributed by atoms with E-state index in [1.54, 1.807) is 6.07 Å². The number of carbonyl (C=O) groups excluding carboxylic acids is 1. The lowest BCUT2D eigenvalue weighted by Gasteiger charge is -2.07. The first-order valence-corrected chi connectivity index (χ1v) is 6.95. The third-order valence-electron chi connectivity index (χ3n) is 3.43. The van der Waals surface area contributed by atoms with Crippen LogP contribution in [0.1, 0.15) is 21.6 Å². The van der Waals surface area contributed by atoms with Crippen LogP contribution in [0.2, 0.25) is 0 Å². The summed E-state index contributed by atoms with van der Waals surface area (Å²) >= 11 is 0. The number of carbonyl (C=O) groups is 1. The number of aromatic nitrogens is 2. The zero-order valence-corrected chi connectivity index (χ0v) is 12.5. The van der Waals surface area contributed by atoms with E-state index in [1.165, 1.54) is 6.07 Å². The van der Waals surface area contributed by atoms with Crippen LogP contribution in [0.15, 0.2) is 36.4 Å². The number of fused-ring (bicyclic) bond motifs is 1. The molecular weight excluding hydrogens is 300 g/mol. The molecule has 0 saturated heterocycles. The van der Waals surface area contributed by atoms with Crippen LogP contribution in [-0.4, -0.2) is 15.9 Å². The molecule has 0 radical (unpaired) electrons. The molecule has 6 heteroatoms. The van der Waals surface area contributed by atoms with E-state index in [-0.39, 0.29) is 5.56 Å². The predicted octanol–water partition coefficient (Wildman–Crippen LogP) is 3.78. The van der Waals surface area contributed by atoms with Gasteiger partial charge in [-0.3, -0.25) is 4.79 Å². The van der Waals surface area contributed by atoms with Gasteiger partial charge < -0.3 is 5.32 Å². The Morgan fingerprint density at radius 1 is 1.00 bits per heavy atom. The van der Waals surface area contributed by atoms with E-state index in [9.17, 15) is 13.6 Å². The standard InChI is InChI=1S/C17H13F2N3O/c1-9-7-10(2)20-16-12(9)4-6-15(21-16)22-17(23)11-3-5-13(18)14(19)8-11/h3-8H,1-2H3,(H,20,21,22,23). The Labute approximate surface area is 131 Å². The third-order valence-corrected chi connectivity index (χ3v) is 3.43. The molecule has 0 aliphatic carbocycles. The summed E-state index contributed by atoms with van der Waals surface area (Å²) < 4.78 is 26.1. The fourth-order valence-corrected chi connectivity index (χ4v) is 2.33. The average Bonchev–Trinajstić information content (AvgIpc) is 2.49. The number of pyridine rings is 2. The predicted molar refractivity (Wildman–Crippen MR) is 83.3 cm³/mol. The van der Waals surface area contributed by atoms with Gasteiger partial charge in [-0.05, 0) is 55.8 Å². The van der Waals surface area contributed by atoms with Gasteiger partial charge in [-0.1, -0.05) is 0 Å². The monoisotopic (exact) mass is 313 g/mol. The van der Waals surface area contributed by atoms with Crippen molar-refractivity contribution < 1.29 is 13.6 Å². The van der Waals surface area contributed by atoms with Crippen molar-refractivity contribution in [1.82, 2.24) is 9.97 Å². The van der Waals surface area contributed by atoms with Gasteiger partial charge in [-0.15, -0.1) is 0 Å². The van der Waals surface area contributed by atoms with Crippen molar-refractivity contribution >= 4 is 22.8 Å². The molecule has 0 unspecified atom stereocenters. The summed E-state index contributed by atoms with van der Waals surface area (Å²) in [4.78, 5) is 20.7. The van der Waals surface area contributed by atoms with E-state index in [0.29, 0.717) is 11.5 Å². The molecule has 1 N–H and O–H groups in total. The maximum Gasteiger partial charge on any atom is 0.256 e. The van der Waals surface area contributed by atoms with Gasteiger partial charge in [0.05, 0.1) is 0 Å². The number of rotatable bonds is 2. The van der Waals surface area contributed by atoms with Crippen molar-refractivity contribution in [2.24, 2.45) is 0 Å². The van der Waals surface area contributed by atoms with Crippen molar-refractivity contribution in [2.75, 3.05) is 5.32 Å². The van der Waals surface area contributed by atoms with Crippen LogP contribution in [0.5, 0.6) is 0 Å². The van der Waals surface area contributed by atoms with Crippen molar-refractivity contribution in [1.29, 1.82) is 0 Å². The Kier molecular flexibility index (Phi) is 3.73. The molecule has 0 fully saturated rings. The Hall–Kier alpha value is -2.89. The van der Waals surface area contributed by atoms with Gasteiger partial charge in [-0.2, -0.15) is 0 Å². The maximum absolute atomic E-state index is 13.2. The van der Waals surface area contributed by atoms with Crippen molar-refractivity contribution in [3.05, 3.63) is 64.9 Å². The normalized spacial score (nSPS) is 10.8. The molecule has 2 aromatic heterocycles. The highest BCUT2D eigenvalue weighted by molar-refractivity contribution is 6.04. The highest BCUT2D eigenvalue weighted by Crippen LogP contribution is 2.19. The number of hydrogen-bond donors (Lipinski definition) is 1. The number of aryl methyl sites for hydroxylation is 2. The largest absolute Gasteiger partial charge is 0.306 e. The second-order valence-electron chi connectivity index (χ2n) is 5.23. The number of nitrogens with zero attached hydrogens (tertiary/aromatic N) is 2. The molecule has 1 aromatic carbocycles. The molecule has 1 amide bonds. The molecular formula is C17H13F2N3O. The van der Waals surface area contributed by atoms with Gasteiger partial charge >= 0.3 is 0 Å². The number of hydrogen-bond acceptors (Lipinski definition) is 3. The second-order valence-corrected chi connectivity index (χ2v) is 5.23. The smallest absolute Gasteiger partial charge is 0.256 e. The fourth-order valence-electron chi connectivity index (χ4n) is 2.33. The van der Waals surface area contributed by atoms with Crippen molar-refractivity contribution in [3.8, 4) is 0 Å². The number of amides is 1. The molecule has 23 heavy (non-hydrogen) atoms. The number of halogens is 2. The SMILES string of the molecule is Cc1cc(C)c2ccc(NC(=O)c3ccc(F)c(F)c3)nc2n1. The van der Waals surface area contributed by atoms with E-state index in [2.05, 4.69) is 15.3 Å². The van der Waals surface area contributed by atoms with E-state index < -0.39 is 17.5 Å². The summed E-state index contributed by atoms with van der Waals surface area (Å²) in [5.74, 6) is -2.34. The minimum atomic E-state index is -1.07. The first-order valence-electron chi connectivity index (χ1n) is 6.95. The molecule has 4 nitrogen and oxygen atoms in total. The quantitative estimate of drug-likeness (QED) is 0.783. The summed E-state index contributed by atoms with van der Waals surface area (Å²) in [6.45, 7) is 3.82. The van der Waals surface area contributed by atoms with Crippen molar-refractivity contribution in [2.45, 2.75) is 13.8 Å².